The van der Waals surface area contributed by atoms with E-state index in [0.29, 0.717) is 5.02 Å². The van der Waals surface area contributed by atoms with Crippen LogP contribution in [-0.2, 0) is 14.8 Å². The maximum atomic E-state index is 12.6. The van der Waals surface area contributed by atoms with Crippen LogP contribution < -0.4 is 9.62 Å². The Morgan fingerprint density at radius 3 is 2.48 bits per heavy atom. The molecule has 1 amide bonds. The minimum absolute atomic E-state index is 0.0439. The number of hydrogen-bond acceptors (Lipinski definition) is 4. The average Bonchev–Trinajstić information content (AvgIpc) is 2.51. The van der Waals surface area contributed by atoms with Gasteiger partial charge in [-0.1, -0.05) is 23.2 Å². The van der Waals surface area contributed by atoms with Gasteiger partial charge in [0.05, 0.1) is 17.0 Å². The predicted molar refractivity (Wildman–Crippen MR) is 102 cm³/mol. The van der Waals surface area contributed by atoms with E-state index in [1.807, 2.05) is 7.05 Å². The molecule has 0 spiro atoms. The van der Waals surface area contributed by atoms with Crippen molar-refractivity contribution in [1.82, 2.24) is 10.2 Å². The topological polar surface area (TPSA) is 69.7 Å². The fraction of sp³-hybridized carbons (Fsp3) is 0.562. The first-order valence-corrected chi connectivity index (χ1v) is 10.6. The smallest absolute Gasteiger partial charge is 0.243 e. The molecule has 140 valence electrons. The van der Waals surface area contributed by atoms with Crippen molar-refractivity contribution >= 4 is 44.8 Å². The zero-order chi connectivity index (χ0) is 18.8. The van der Waals surface area contributed by atoms with E-state index in [9.17, 15) is 13.2 Å². The number of amides is 1. The number of carbonyl (C=O) groups is 1. The largest absolute Gasteiger partial charge is 0.351 e. The lowest BCUT2D eigenvalue weighted by molar-refractivity contribution is -0.122. The quantitative estimate of drug-likeness (QED) is 0.812. The number of rotatable bonds is 5. The molecule has 1 fully saturated rings. The van der Waals surface area contributed by atoms with Crippen LogP contribution in [0.2, 0.25) is 10.0 Å². The Labute approximate surface area is 159 Å². The van der Waals surface area contributed by atoms with Crippen LogP contribution in [0, 0.1) is 0 Å². The molecule has 0 saturated carbocycles. The summed E-state index contributed by atoms with van der Waals surface area (Å²) in [6.07, 6.45) is 2.72. The van der Waals surface area contributed by atoms with E-state index in [4.69, 9.17) is 23.2 Å². The van der Waals surface area contributed by atoms with Gasteiger partial charge in [-0.3, -0.25) is 9.10 Å². The summed E-state index contributed by atoms with van der Waals surface area (Å²) in [6.45, 7) is 3.34. The first-order chi connectivity index (χ1) is 11.6. The second-order valence-corrected chi connectivity index (χ2v) is 9.12. The first kappa shape index (κ1) is 20.3. The molecule has 1 atom stereocenters. The highest BCUT2D eigenvalue weighted by Crippen LogP contribution is 2.32. The van der Waals surface area contributed by atoms with Crippen molar-refractivity contribution in [2.45, 2.75) is 31.8 Å². The van der Waals surface area contributed by atoms with Crippen molar-refractivity contribution in [2.75, 3.05) is 30.7 Å². The summed E-state index contributed by atoms with van der Waals surface area (Å²) < 4.78 is 25.6. The number of halogens is 2. The van der Waals surface area contributed by atoms with Crippen LogP contribution in [0.25, 0.3) is 0 Å². The highest BCUT2D eigenvalue weighted by Gasteiger charge is 2.32. The zero-order valence-corrected chi connectivity index (χ0v) is 16.8. The molecule has 6 nitrogen and oxygen atoms in total. The summed E-state index contributed by atoms with van der Waals surface area (Å²) in [6, 6.07) is 3.63. The normalized spacial score (nSPS) is 18.0. The van der Waals surface area contributed by atoms with Crippen molar-refractivity contribution in [2.24, 2.45) is 0 Å². The average molecular weight is 408 g/mol. The lowest BCUT2D eigenvalue weighted by Gasteiger charge is -2.33. The van der Waals surface area contributed by atoms with Gasteiger partial charge < -0.3 is 10.2 Å². The van der Waals surface area contributed by atoms with Crippen molar-refractivity contribution < 1.29 is 13.2 Å². The van der Waals surface area contributed by atoms with E-state index in [0.717, 1.165) is 36.5 Å². The maximum Gasteiger partial charge on any atom is 0.243 e. The number of likely N-dealkylation sites (tertiary alicyclic amines) is 1. The highest BCUT2D eigenvalue weighted by atomic mass is 35.5. The molecule has 1 aliphatic rings. The fourth-order valence-corrected chi connectivity index (χ4v) is 4.51. The van der Waals surface area contributed by atoms with Gasteiger partial charge in [0.15, 0.2) is 0 Å². The molecule has 1 aliphatic heterocycles. The molecule has 1 saturated heterocycles. The SMILES string of the molecule is C[C@H](C(=O)NC1CCN(C)CC1)N(c1cc(Cl)ccc1Cl)S(C)(=O)=O. The fourth-order valence-electron chi connectivity index (χ4n) is 2.91. The number of hydrogen-bond donors (Lipinski definition) is 1. The van der Waals surface area contributed by atoms with E-state index in [2.05, 4.69) is 10.2 Å². The second-order valence-electron chi connectivity index (χ2n) is 6.42. The van der Waals surface area contributed by atoms with E-state index in [1.54, 1.807) is 13.0 Å². The summed E-state index contributed by atoms with van der Waals surface area (Å²) in [4.78, 5) is 14.8. The van der Waals surface area contributed by atoms with E-state index >= 15 is 0 Å². The Kier molecular flexibility index (Phi) is 6.59. The Morgan fingerprint density at radius 2 is 1.92 bits per heavy atom. The van der Waals surface area contributed by atoms with Crippen LogP contribution in [0.15, 0.2) is 18.2 Å². The Bertz CT molecular complexity index is 734. The van der Waals surface area contributed by atoms with Crippen molar-refractivity contribution in [3.63, 3.8) is 0 Å². The number of nitrogens with one attached hydrogen (secondary N) is 1. The predicted octanol–water partition coefficient (Wildman–Crippen LogP) is 2.36. The number of piperidine rings is 1. The van der Waals surface area contributed by atoms with Gasteiger partial charge in [-0.2, -0.15) is 0 Å². The van der Waals surface area contributed by atoms with Gasteiger partial charge in [0.2, 0.25) is 15.9 Å². The van der Waals surface area contributed by atoms with Gasteiger partial charge >= 0.3 is 0 Å². The van der Waals surface area contributed by atoms with Crippen molar-refractivity contribution in [3.8, 4) is 0 Å². The minimum atomic E-state index is -3.73. The molecule has 1 aromatic carbocycles. The summed E-state index contributed by atoms with van der Waals surface area (Å²) >= 11 is 12.1. The number of sulfonamides is 1. The molecule has 0 aliphatic carbocycles. The third-order valence-corrected chi connectivity index (χ3v) is 6.08. The first-order valence-electron chi connectivity index (χ1n) is 8.03. The Balaban J connectivity index is 2.23. The van der Waals surface area contributed by atoms with Gasteiger partial charge in [0.1, 0.15) is 6.04 Å². The molecular weight excluding hydrogens is 385 g/mol. The van der Waals surface area contributed by atoms with Gasteiger partial charge in [0, 0.05) is 11.1 Å². The highest BCUT2D eigenvalue weighted by molar-refractivity contribution is 7.92. The summed E-state index contributed by atoms with van der Waals surface area (Å²) in [5.41, 5.74) is 0.197. The summed E-state index contributed by atoms with van der Waals surface area (Å²) in [5, 5.41) is 3.51. The van der Waals surface area contributed by atoms with E-state index in [1.165, 1.54) is 12.1 Å². The van der Waals surface area contributed by atoms with Crippen LogP contribution in [0.1, 0.15) is 19.8 Å². The summed E-state index contributed by atoms with van der Waals surface area (Å²) in [5.74, 6) is -0.351. The zero-order valence-electron chi connectivity index (χ0n) is 14.5. The van der Waals surface area contributed by atoms with Crippen molar-refractivity contribution in [1.29, 1.82) is 0 Å². The van der Waals surface area contributed by atoms with Crippen LogP contribution >= 0.6 is 23.2 Å². The van der Waals surface area contributed by atoms with Crippen LogP contribution in [0.3, 0.4) is 0 Å². The Hall–Kier alpha value is -1.02. The van der Waals surface area contributed by atoms with Gasteiger partial charge in [-0.05, 0) is 58.1 Å². The number of benzene rings is 1. The minimum Gasteiger partial charge on any atom is -0.351 e. The molecule has 9 heteroatoms. The molecule has 0 unspecified atom stereocenters. The van der Waals surface area contributed by atoms with Crippen LogP contribution in [-0.4, -0.2) is 57.7 Å². The maximum absolute atomic E-state index is 12.6. The third kappa shape index (κ3) is 5.23. The number of anilines is 1. The molecule has 1 heterocycles. The molecule has 0 radical (unpaired) electrons. The second kappa shape index (κ2) is 8.12. The number of nitrogens with zero attached hydrogens (tertiary/aromatic N) is 2. The lowest BCUT2D eigenvalue weighted by atomic mass is 10.1. The standard InChI is InChI=1S/C16H23Cl2N3O3S/c1-11(16(22)19-13-6-8-20(2)9-7-13)21(25(3,23)24)15-10-12(17)4-5-14(15)18/h4-5,10-11,13H,6-9H2,1-3H3,(H,19,22)/t11-/m1/s1. The van der Waals surface area contributed by atoms with Gasteiger partial charge in [-0.25, -0.2) is 8.42 Å². The third-order valence-electron chi connectivity index (χ3n) is 4.30. The molecule has 0 aromatic heterocycles. The number of carbonyl (C=O) groups excluding carboxylic acids is 1. The molecule has 2 rings (SSSR count). The van der Waals surface area contributed by atoms with Gasteiger partial charge in [-0.15, -0.1) is 0 Å². The van der Waals surface area contributed by atoms with Gasteiger partial charge in [0.25, 0.3) is 0 Å². The van der Waals surface area contributed by atoms with Crippen LogP contribution in [0.4, 0.5) is 5.69 Å². The van der Waals surface area contributed by atoms with E-state index < -0.39 is 16.1 Å². The van der Waals surface area contributed by atoms with Crippen molar-refractivity contribution in [3.05, 3.63) is 28.2 Å². The molecule has 1 N–H and O–H groups in total. The summed E-state index contributed by atoms with van der Waals surface area (Å²) in [7, 11) is -1.69. The molecular formula is C16H23Cl2N3O3S. The molecule has 1 aromatic rings. The Morgan fingerprint density at radius 1 is 1.32 bits per heavy atom. The monoisotopic (exact) mass is 407 g/mol. The van der Waals surface area contributed by atoms with Crippen LogP contribution in [0.5, 0.6) is 0 Å². The molecule has 25 heavy (non-hydrogen) atoms. The lowest BCUT2D eigenvalue weighted by Crippen LogP contribution is -2.52. The van der Waals surface area contributed by atoms with E-state index in [-0.39, 0.29) is 22.7 Å². The molecule has 0 bridgehead atoms.